The number of esters is 1. The van der Waals surface area contributed by atoms with Crippen molar-refractivity contribution in [3.63, 3.8) is 0 Å². The van der Waals surface area contributed by atoms with Crippen molar-refractivity contribution < 1.29 is 22.7 Å². The molecule has 0 aliphatic carbocycles. The molecular weight excluding hydrogens is 294 g/mol. The fourth-order valence-electron chi connectivity index (χ4n) is 1.49. The summed E-state index contributed by atoms with van der Waals surface area (Å²) in [5, 5.41) is 0. The van der Waals surface area contributed by atoms with Gasteiger partial charge in [-0.05, 0) is 25.1 Å². The number of hydrogen-bond donors (Lipinski definition) is 1. The zero-order chi connectivity index (χ0) is 15.9. The Morgan fingerprint density at radius 2 is 2.10 bits per heavy atom. The summed E-state index contributed by atoms with van der Waals surface area (Å²) in [5.74, 6) is -0.586. The summed E-state index contributed by atoms with van der Waals surface area (Å²) >= 11 is 0. The number of benzene rings is 1. The van der Waals surface area contributed by atoms with Gasteiger partial charge in [0.15, 0.2) is 0 Å². The van der Waals surface area contributed by atoms with Crippen molar-refractivity contribution in [2.45, 2.75) is 11.8 Å². The third-order valence-electron chi connectivity index (χ3n) is 2.45. The molecule has 7 heteroatoms. The van der Waals surface area contributed by atoms with E-state index in [-0.39, 0.29) is 23.6 Å². The topological polar surface area (TPSA) is 81.7 Å². The van der Waals surface area contributed by atoms with Crippen LogP contribution in [0.5, 0.6) is 0 Å². The third kappa shape index (κ3) is 5.66. The van der Waals surface area contributed by atoms with Gasteiger partial charge in [0.2, 0.25) is 10.0 Å². The Kier molecular flexibility index (Phi) is 6.54. The molecule has 0 aromatic heterocycles. The molecule has 0 saturated carbocycles. The molecule has 0 fully saturated rings. The van der Waals surface area contributed by atoms with Gasteiger partial charge in [-0.3, -0.25) is 0 Å². The molecule has 0 heterocycles. The minimum Gasteiger partial charge on any atom is -0.465 e. The standard InChI is InChI=1S/C14H19NO5S/c1-11(2)10-20-8-7-15-21(17,18)13-6-4-5-12(9-13)14(16)19-3/h4-6,9,15H,1,7-8,10H2,2-3H3. The van der Waals surface area contributed by atoms with Crippen LogP contribution in [0.2, 0.25) is 0 Å². The lowest BCUT2D eigenvalue weighted by atomic mass is 10.2. The predicted molar refractivity (Wildman–Crippen MR) is 78.6 cm³/mol. The molecule has 1 aromatic carbocycles. The second-order valence-electron chi connectivity index (χ2n) is 4.43. The van der Waals surface area contributed by atoms with E-state index < -0.39 is 16.0 Å². The van der Waals surface area contributed by atoms with Crippen LogP contribution in [-0.2, 0) is 19.5 Å². The fraction of sp³-hybridized carbons (Fsp3) is 0.357. The van der Waals surface area contributed by atoms with Gasteiger partial charge in [-0.25, -0.2) is 17.9 Å². The van der Waals surface area contributed by atoms with E-state index in [0.29, 0.717) is 6.61 Å². The summed E-state index contributed by atoms with van der Waals surface area (Å²) in [4.78, 5) is 11.4. The summed E-state index contributed by atoms with van der Waals surface area (Å²) in [6, 6.07) is 5.64. The largest absolute Gasteiger partial charge is 0.465 e. The van der Waals surface area contributed by atoms with Gasteiger partial charge in [0.25, 0.3) is 0 Å². The average molecular weight is 313 g/mol. The van der Waals surface area contributed by atoms with Crippen molar-refractivity contribution in [1.82, 2.24) is 4.72 Å². The molecule has 0 amide bonds. The van der Waals surface area contributed by atoms with E-state index in [1.807, 2.05) is 6.92 Å². The third-order valence-corrected chi connectivity index (χ3v) is 3.91. The lowest BCUT2D eigenvalue weighted by Crippen LogP contribution is -2.27. The zero-order valence-corrected chi connectivity index (χ0v) is 12.9. The van der Waals surface area contributed by atoms with Crippen molar-refractivity contribution >= 4 is 16.0 Å². The van der Waals surface area contributed by atoms with Gasteiger partial charge in [-0.15, -0.1) is 0 Å². The van der Waals surface area contributed by atoms with Gasteiger partial charge in [0.1, 0.15) is 0 Å². The van der Waals surface area contributed by atoms with Gasteiger partial charge < -0.3 is 9.47 Å². The molecule has 1 rings (SSSR count). The second kappa shape index (κ2) is 7.92. The van der Waals surface area contributed by atoms with Crippen LogP contribution in [-0.4, -0.2) is 41.3 Å². The van der Waals surface area contributed by atoms with E-state index in [9.17, 15) is 13.2 Å². The highest BCUT2D eigenvalue weighted by Gasteiger charge is 2.15. The van der Waals surface area contributed by atoms with Gasteiger partial charge >= 0.3 is 5.97 Å². The molecule has 6 nitrogen and oxygen atoms in total. The van der Waals surface area contributed by atoms with Gasteiger partial charge in [-0.1, -0.05) is 18.2 Å². The normalized spacial score (nSPS) is 11.1. The van der Waals surface area contributed by atoms with Crippen LogP contribution in [0.3, 0.4) is 0 Å². The van der Waals surface area contributed by atoms with E-state index in [1.54, 1.807) is 0 Å². The van der Waals surface area contributed by atoms with E-state index in [1.165, 1.54) is 31.4 Å². The van der Waals surface area contributed by atoms with Crippen molar-refractivity contribution in [3.8, 4) is 0 Å². The van der Waals surface area contributed by atoms with Crippen LogP contribution < -0.4 is 4.72 Å². The van der Waals surface area contributed by atoms with Crippen LogP contribution in [0.1, 0.15) is 17.3 Å². The molecule has 21 heavy (non-hydrogen) atoms. The van der Waals surface area contributed by atoms with Gasteiger partial charge in [-0.2, -0.15) is 0 Å². The lowest BCUT2D eigenvalue weighted by molar-refractivity contribution is 0.0600. The zero-order valence-electron chi connectivity index (χ0n) is 12.1. The van der Waals surface area contributed by atoms with E-state index in [2.05, 4.69) is 16.0 Å². The van der Waals surface area contributed by atoms with Crippen LogP contribution in [0, 0.1) is 0 Å². The molecule has 0 atom stereocenters. The average Bonchev–Trinajstić information content (AvgIpc) is 2.45. The first-order valence-electron chi connectivity index (χ1n) is 6.27. The van der Waals surface area contributed by atoms with Crippen molar-refractivity contribution in [2.24, 2.45) is 0 Å². The molecule has 0 spiro atoms. The van der Waals surface area contributed by atoms with Crippen molar-refractivity contribution in [2.75, 3.05) is 26.9 Å². The van der Waals surface area contributed by atoms with Crippen LogP contribution >= 0.6 is 0 Å². The molecule has 1 aromatic rings. The highest BCUT2D eigenvalue weighted by Crippen LogP contribution is 2.12. The van der Waals surface area contributed by atoms with Crippen molar-refractivity contribution in [1.29, 1.82) is 0 Å². The molecule has 0 unspecified atom stereocenters. The van der Waals surface area contributed by atoms with Gasteiger partial charge in [0, 0.05) is 6.54 Å². The maximum atomic E-state index is 12.1. The summed E-state index contributed by atoms with van der Waals surface area (Å²) < 4.78 is 36.3. The number of methoxy groups -OCH3 is 1. The first-order chi connectivity index (χ1) is 9.86. The Bertz CT molecular complexity index is 610. The smallest absolute Gasteiger partial charge is 0.337 e. The Morgan fingerprint density at radius 1 is 1.38 bits per heavy atom. The van der Waals surface area contributed by atoms with Crippen molar-refractivity contribution in [3.05, 3.63) is 42.0 Å². The highest BCUT2D eigenvalue weighted by molar-refractivity contribution is 7.89. The molecule has 0 radical (unpaired) electrons. The molecule has 0 aliphatic heterocycles. The first-order valence-corrected chi connectivity index (χ1v) is 7.75. The number of nitrogens with one attached hydrogen (secondary N) is 1. The molecule has 0 bridgehead atoms. The highest BCUT2D eigenvalue weighted by atomic mass is 32.2. The SMILES string of the molecule is C=C(C)COCCNS(=O)(=O)c1cccc(C(=O)OC)c1. The molecule has 0 aliphatic rings. The lowest BCUT2D eigenvalue weighted by Gasteiger charge is -2.08. The molecular formula is C14H19NO5S. The van der Waals surface area contributed by atoms with Crippen LogP contribution in [0.25, 0.3) is 0 Å². The van der Waals surface area contributed by atoms with E-state index in [0.717, 1.165) is 5.57 Å². The van der Waals surface area contributed by atoms with E-state index >= 15 is 0 Å². The number of carbonyl (C=O) groups is 1. The summed E-state index contributed by atoms with van der Waals surface area (Å²) in [5.41, 5.74) is 1.04. The van der Waals surface area contributed by atoms with Gasteiger partial charge in [0.05, 0.1) is 30.8 Å². The summed E-state index contributed by atoms with van der Waals surface area (Å²) in [7, 11) is -2.45. The Labute approximate surface area is 124 Å². The van der Waals surface area contributed by atoms with E-state index in [4.69, 9.17) is 4.74 Å². The molecule has 1 N–H and O–H groups in total. The Hall–Kier alpha value is -1.70. The first kappa shape index (κ1) is 17.4. The minimum absolute atomic E-state index is 0.00491. The predicted octanol–water partition coefficient (Wildman–Crippen LogP) is 1.34. The number of rotatable bonds is 8. The Balaban J connectivity index is 2.66. The fourth-order valence-corrected chi connectivity index (χ4v) is 2.54. The Morgan fingerprint density at radius 3 is 2.71 bits per heavy atom. The number of sulfonamides is 1. The number of ether oxygens (including phenoxy) is 2. The van der Waals surface area contributed by atoms with Crippen LogP contribution in [0.4, 0.5) is 0 Å². The maximum absolute atomic E-state index is 12.1. The second-order valence-corrected chi connectivity index (χ2v) is 6.19. The minimum atomic E-state index is -3.69. The van der Waals surface area contributed by atoms with Crippen LogP contribution in [0.15, 0.2) is 41.3 Å². The molecule has 116 valence electrons. The number of hydrogen-bond acceptors (Lipinski definition) is 5. The maximum Gasteiger partial charge on any atom is 0.337 e. The molecule has 0 saturated heterocycles. The quantitative estimate of drug-likeness (QED) is 0.445. The monoisotopic (exact) mass is 313 g/mol. The summed E-state index contributed by atoms with van der Waals surface area (Å²) in [6.45, 7) is 6.26. The number of carbonyl (C=O) groups excluding carboxylic acids is 1. The summed E-state index contributed by atoms with van der Waals surface area (Å²) in [6.07, 6.45) is 0.